The molecule has 6 heteroatoms. The standard InChI is InChI=1S/C15H16N4O.C4H9N.C2H6/c1-10-7-16-9-14(15(10)20)19-8-11-2-3-12-13(6-11)18-5-4-17-12;1-2-4-5-3-1;1-2/h2-6,9,16,19-20H,7-8H2,1H3;5H,1-4H2;1-2H3. The van der Waals surface area contributed by atoms with E-state index in [1.54, 1.807) is 18.6 Å². The highest BCUT2D eigenvalue weighted by Gasteiger charge is 2.11. The van der Waals surface area contributed by atoms with E-state index in [9.17, 15) is 5.11 Å². The average molecular weight is 370 g/mol. The van der Waals surface area contributed by atoms with Crippen LogP contribution in [0.3, 0.4) is 0 Å². The van der Waals surface area contributed by atoms with Gasteiger partial charge in [-0.25, -0.2) is 0 Å². The van der Waals surface area contributed by atoms with Gasteiger partial charge in [0.05, 0.1) is 16.7 Å². The van der Waals surface area contributed by atoms with E-state index in [1.165, 1.54) is 25.9 Å². The summed E-state index contributed by atoms with van der Waals surface area (Å²) in [6.07, 6.45) is 7.94. The molecule has 0 aliphatic carbocycles. The number of benzene rings is 1. The van der Waals surface area contributed by atoms with Gasteiger partial charge in [-0.1, -0.05) is 19.9 Å². The lowest BCUT2D eigenvalue weighted by Crippen LogP contribution is -2.24. The number of aliphatic hydroxyl groups excluding tert-OH is 1. The van der Waals surface area contributed by atoms with Crippen LogP contribution in [0.2, 0.25) is 0 Å². The van der Waals surface area contributed by atoms with Crippen molar-refractivity contribution in [2.45, 2.75) is 40.2 Å². The zero-order chi connectivity index (χ0) is 19.5. The van der Waals surface area contributed by atoms with Crippen LogP contribution in [0, 0.1) is 0 Å². The van der Waals surface area contributed by atoms with E-state index in [0.29, 0.717) is 24.5 Å². The maximum Gasteiger partial charge on any atom is 0.140 e. The molecule has 3 heterocycles. The van der Waals surface area contributed by atoms with Crippen molar-refractivity contribution in [3.8, 4) is 0 Å². The van der Waals surface area contributed by atoms with Crippen LogP contribution < -0.4 is 16.0 Å². The van der Waals surface area contributed by atoms with Crippen molar-refractivity contribution in [3.63, 3.8) is 0 Å². The smallest absolute Gasteiger partial charge is 0.140 e. The monoisotopic (exact) mass is 369 g/mol. The molecule has 2 aliphatic rings. The lowest BCUT2D eigenvalue weighted by molar-refractivity contribution is 0.399. The number of nitrogens with one attached hydrogen (secondary N) is 3. The minimum absolute atomic E-state index is 0.323. The van der Waals surface area contributed by atoms with Gasteiger partial charge in [0.15, 0.2) is 0 Å². The molecule has 1 aromatic carbocycles. The van der Waals surface area contributed by atoms with Crippen molar-refractivity contribution >= 4 is 11.0 Å². The third-order valence-corrected chi connectivity index (χ3v) is 4.25. The van der Waals surface area contributed by atoms with Gasteiger partial charge in [-0.05, 0) is 56.1 Å². The van der Waals surface area contributed by atoms with E-state index in [1.807, 2.05) is 39.0 Å². The number of dihydropyridines is 1. The van der Waals surface area contributed by atoms with Crippen LogP contribution in [0.1, 0.15) is 39.2 Å². The second-order valence-corrected chi connectivity index (χ2v) is 6.26. The van der Waals surface area contributed by atoms with Gasteiger partial charge in [-0.3, -0.25) is 9.97 Å². The highest BCUT2D eigenvalue weighted by atomic mass is 16.3. The van der Waals surface area contributed by atoms with Crippen LogP contribution in [-0.2, 0) is 6.54 Å². The Kier molecular flexibility index (Phi) is 8.58. The Hall–Kier alpha value is -2.60. The van der Waals surface area contributed by atoms with Gasteiger partial charge in [0, 0.05) is 31.7 Å². The minimum Gasteiger partial charge on any atom is -0.506 e. The van der Waals surface area contributed by atoms with E-state index in [4.69, 9.17) is 0 Å². The molecule has 146 valence electrons. The first-order valence-corrected chi connectivity index (χ1v) is 9.71. The van der Waals surface area contributed by atoms with E-state index in [2.05, 4.69) is 25.9 Å². The molecule has 0 saturated carbocycles. The molecule has 4 N–H and O–H groups in total. The van der Waals surface area contributed by atoms with Crippen molar-refractivity contribution in [2.75, 3.05) is 19.6 Å². The summed E-state index contributed by atoms with van der Waals surface area (Å²) in [5.74, 6) is 0.323. The summed E-state index contributed by atoms with van der Waals surface area (Å²) in [5.41, 5.74) is 4.49. The summed E-state index contributed by atoms with van der Waals surface area (Å²) < 4.78 is 0. The molecule has 27 heavy (non-hydrogen) atoms. The summed E-state index contributed by atoms with van der Waals surface area (Å²) >= 11 is 0. The molecule has 0 unspecified atom stereocenters. The normalized spacial score (nSPS) is 15.7. The molecule has 0 amide bonds. The molecule has 1 saturated heterocycles. The second-order valence-electron chi connectivity index (χ2n) is 6.26. The summed E-state index contributed by atoms with van der Waals surface area (Å²) in [4.78, 5) is 8.53. The quantitative estimate of drug-likeness (QED) is 0.664. The molecular weight excluding hydrogens is 338 g/mol. The van der Waals surface area contributed by atoms with E-state index < -0.39 is 0 Å². The first-order chi connectivity index (χ1) is 13.2. The number of rotatable bonds is 3. The third-order valence-electron chi connectivity index (χ3n) is 4.25. The Bertz CT molecular complexity index is 773. The lowest BCUT2D eigenvalue weighted by Gasteiger charge is -2.18. The molecule has 0 bridgehead atoms. The largest absolute Gasteiger partial charge is 0.506 e. The van der Waals surface area contributed by atoms with Crippen molar-refractivity contribution in [1.29, 1.82) is 0 Å². The predicted molar refractivity (Wildman–Crippen MR) is 111 cm³/mol. The second kappa shape index (κ2) is 11.2. The number of aromatic nitrogens is 2. The molecule has 1 aromatic heterocycles. The van der Waals surface area contributed by atoms with Gasteiger partial charge >= 0.3 is 0 Å². The molecule has 2 aromatic rings. The number of hydrogen-bond acceptors (Lipinski definition) is 6. The van der Waals surface area contributed by atoms with Crippen LogP contribution >= 0.6 is 0 Å². The van der Waals surface area contributed by atoms with Crippen molar-refractivity contribution in [1.82, 2.24) is 25.9 Å². The maximum atomic E-state index is 9.97. The molecule has 1 fully saturated rings. The Labute approximate surface area is 161 Å². The zero-order valence-corrected chi connectivity index (χ0v) is 16.5. The molecule has 6 nitrogen and oxygen atoms in total. The maximum absolute atomic E-state index is 9.97. The SMILES string of the molecule is C1CCNC1.CC.CC1=C(O)C(NCc2ccc3nccnc3c2)=CNC1. The fourth-order valence-corrected chi connectivity index (χ4v) is 2.76. The first kappa shape index (κ1) is 20.7. The summed E-state index contributed by atoms with van der Waals surface area (Å²) in [6, 6.07) is 5.96. The van der Waals surface area contributed by atoms with Gasteiger partial charge in [0.1, 0.15) is 5.76 Å². The highest BCUT2D eigenvalue weighted by molar-refractivity contribution is 5.74. The Morgan fingerprint density at radius 2 is 1.78 bits per heavy atom. The van der Waals surface area contributed by atoms with Gasteiger partial charge in [0.25, 0.3) is 0 Å². The summed E-state index contributed by atoms with van der Waals surface area (Å²) in [5, 5.41) is 19.5. The molecule has 4 rings (SSSR count). The molecule has 0 spiro atoms. The van der Waals surface area contributed by atoms with Crippen molar-refractivity contribution in [2.24, 2.45) is 0 Å². The Morgan fingerprint density at radius 1 is 1.07 bits per heavy atom. The van der Waals surface area contributed by atoms with Gasteiger partial charge in [-0.15, -0.1) is 0 Å². The molecule has 2 aliphatic heterocycles. The third kappa shape index (κ3) is 6.25. The van der Waals surface area contributed by atoms with Crippen LogP contribution in [0.4, 0.5) is 0 Å². The minimum atomic E-state index is 0.323. The van der Waals surface area contributed by atoms with Crippen molar-refractivity contribution in [3.05, 3.63) is 59.4 Å². The first-order valence-electron chi connectivity index (χ1n) is 9.71. The summed E-state index contributed by atoms with van der Waals surface area (Å²) in [7, 11) is 0. The predicted octanol–water partition coefficient (Wildman–Crippen LogP) is 3.39. The van der Waals surface area contributed by atoms with Gasteiger partial charge < -0.3 is 21.1 Å². The fraction of sp³-hybridized carbons (Fsp3) is 0.429. The van der Waals surface area contributed by atoms with Gasteiger partial charge in [-0.2, -0.15) is 0 Å². The highest BCUT2D eigenvalue weighted by Crippen LogP contribution is 2.15. The fourth-order valence-electron chi connectivity index (χ4n) is 2.76. The van der Waals surface area contributed by atoms with Gasteiger partial charge in [0.2, 0.25) is 0 Å². The lowest BCUT2D eigenvalue weighted by atomic mass is 10.1. The number of fused-ring (bicyclic) bond motifs is 1. The number of nitrogens with zero attached hydrogens (tertiary/aromatic N) is 2. The number of hydrogen-bond donors (Lipinski definition) is 4. The van der Waals surface area contributed by atoms with Crippen LogP contribution in [0.5, 0.6) is 0 Å². The summed E-state index contributed by atoms with van der Waals surface area (Å²) in [6.45, 7) is 9.71. The van der Waals surface area contributed by atoms with Crippen LogP contribution in [0.25, 0.3) is 11.0 Å². The van der Waals surface area contributed by atoms with E-state index >= 15 is 0 Å². The Balaban J connectivity index is 0.000000318. The van der Waals surface area contributed by atoms with E-state index in [0.717, 1.165) is 22.2 Å². The topological polar surface area (TPSA) is 82.1 Å². The molecular formula is C21H31N5O. The molecule has 0 radical (unpaired) electrons. The number of aliphatic hydroxyl groups is 1. The van der Waals surface area contributed by atoms with Crippen molar-refractivity contribution < 1.29 is 5.11 Å². The zero-order valence-electron chi connectivity index (χ0n) is 16.5. The molecule has 0 atom stereocenters. The average Bonchev–Trinajstić information content (AvgIpc) is 3.31. The van der Waals surface area contributed by atoms with E-state index in [-0.39, 0.29) is 0 Å². The van der Waals surface area contributed by atoms with Crippen LogP contribution in [-0.4, -0.2) is 34.7 Å². The Morgan fingerprint density at radius 3 is 2.44 bits per heavy atom. The van der Waals surface area contributed by atoms with Crippen LogP contribution in [0.15, 0.2) is 53.8 Å².